The van der Waals surface area contributed by atoms with Gasteiger partial charge in [0, 0.05) is 33.8 Å². The van der Waals surface area contributed by atoms with Crippen molar-refractivity contribution in [3.63, 3.8) is 0 Å². The van der Waals surface area contributed by atoms with Gasteiger partial charge < -0.3 is 15.0 Å². The van der Waals surface area contributed by atoms with Crippen molar-refractivity contribution in [2.45, 2.75) is 13.5 Å². The fraction of sp³-hybridized carbons (Fsp3) is 0.500. The van der Waals surface area contributed by atoms with Gasteiger partial charge in [-0.15, -0.1) is 24.0 Å². The van der Waals surface area contributed by atoms with Gasteiger partial charge in [-0.2, -0.15) is 0 Å². The SMILES string of the molecule is CCOCCNC(=NC)N(C)Cc1ccccc1.I. The van der Waals surface area contributed by atoms with Crippen LogP contribution < -0.4 is 5.32 Å². The van der Waals surface area contributed by atoms with Gasteiger partial charge in [0.2, 0.25) is 0 Å². The van der Waals surface area contributed by atoms with E-state index in [1.807, 2.05) is 20.0 Å². The summed E-state index contributed by atoms with van der Waals surface area (Å²) in [4.78, 5) is 6.36. The topological polar surface area (TPSA) is 36.9 Å². The molecule has 108 valence electrons. The molecule has 0 aliphatic rings. The molecule has 0 unspecified atom stereocenters. The van der Waals surface area contributed by atoms with Crippen LogP contribution in [0.3, 0.4) is 0 Å². The Hall–Kier alpha value is -0.820. The summed E-state index contributed by atoms with van der Waals surface area (Å²) in [6, 6.07) is 10.4. The second-order valence-corrected chi connectivity index (χ2v) is 4.01. The van der Waals surface area contributed by atoms with Crippen LogP contribution in [0.15, 0.2) is 35.3 Å². The fourth-order valence-corrected chi connectivity index (χ4v) is 1.70. The molecular formula is C14H24IN3O. The molecule has 0 bridgehead atoms. The zero-order chi connectivity index (χ0) is 13.2. The van der Waals surface area contributed by atoms with Gasteiger partial charge in [-0.1, -0.05) is 30.3 Å². The summed E-state index contributed by atoms with van der Waals surface area (Å²) in [5.74, 6) is 0.888. The smallest absolute Gasteiger partial charge is 0.193 e. The molecule has 0 amide bonds. The van der Waals surface area contributed by atoms with E-state index in [-0.39, 0.29) is 24.0 Å². The van der Waals surface area contributed by atoms with Gasteiger partial charge in [-0.3, -0.25) is 4.99 Å². The van der Waals surface area contributed by atoms with E-state index >= 15 is 0 Å². The van der Waals surface area contributed by atoms with Gasteiger partial charge in [0.05, 0.1) is 6.61 Å². The van der Waals surface area contributed by atoms with Gasteiger partial charge in [0.25, 0.3) is 0 Å². The summed E-state index contributed by atoms with van der Waals surface area (Å²) in [5, 5.41) is 3.28. The first-order chi connectivity index (χ1) is 8.77. The van der Waals surface area contributed by atoms with Crippen molar-refractivity contribution in [2.24, 2.45) is 4.99 Å². The van der Waals surface area contributed by atoms with Gasteiger partial charge in [0.1, 0.15) is 0 Å². The van der Waals surface area contributed by atoms with Crippen LogP contribution in [0.2, 0.25) is 0 Å². The summed E-state index contributed by atoms with van der Waals surface area (Å²) < 4.78 is 5.29. The summed E-state index contributed by atoms with van der Waals surface area (Å²) in [6.45, 7) is 5.07. The highest BCUT2D eigenvalue weighted by atomic mass is 127. The Morgan fingerprint density at radius 3 is 2.58 bits per heavy atom. The number of halogens is 1. The molecule has 1 aromatic rings. The van der Waals surface area contributed by atoms with Crippen LogP contribution in [0.5, 0.6) is 0 Å². The molecule has 0 aliphatic carbocycles. The third kappa shape index (κ3) is 7.37. The Bertz CT molecular complexity index is 357. The lowest BCUT2D eigenvalue weighted by Crippen LogP contribution is -2.39. The Morgan fingerprint density at radius 1 is 1.32 bits per heavy atom. The van der Waals surface area contributed by atoms with Crippen molar-refractivity contribution in [3.05, 3.63) is 35.9 Å². The van der Waals surface area contributed by atoms with Crippen molar-refractivity contribution in [1.29, 1.82) is 0 Å². The van der Waals surface area contributed by atoms with Crippen LogP contribution in [-0.4, -0.2) is 44.7 Å². The number of aliphatic imine (C=N–C) groups is 1. The minimum absolute atomic E-state index is 0. The van der Waals surface area contributed by atoms with Crippen LogP contribution in [0.25, 0.3) is 0 Å². The molecule has 5 heteroatoms. The van der Waals surface area contributed by atoms with Gasteiger partial charge >= 0.3 is 0 Å². The molecule has 0 atom stereocenters. The van der Waals surface area contributed by atoms with Gasteiger partial charge in [0.15, 0.2) is 5.96 Å². The van der Waals surface area contributed by atoms with Crippen LogP contribution in [-0.2, 0) is 11.3 Å². The highest BCUT2D eigenvalue weighted by Gasteiger charge is 2.05. The minimum Gasteiger partial charge on any atom is -0.380 e. The molecule has 0 fully saturated rings. The number of nitrogens with one attached hydrogen (secondary N) is 1. The van der Waals surface area contributed by atoms with Crippen molar-refractivity contribution in [1.82, 2.24) is 10.2 Å². The van der Waals surface area contributed by atoms with E-state index in [9.17, 15) is 0 Å². The van der Waals surface area contributed by atoms with E-state index in [0.717, 1.165) is 25.7 Å². The van der Waals surface area contributed by atoms with E-state index in [0.29, 0.717) is 6.61 Å². The monoisotopic (exact) mass is 377 g/mol. The predicted molar refractivity (Wildman–Crippen MR) is 91.2 cm³/mol. The second kappa shape index (κ2) is 11.0. The van der Waals surface area contributed by atoms with Crippen molar-refractivity contribution in [3.8, 4) is 0 Å². The van der Waals surface area contributed by atoms with E-state index in [1.54, 1.807) is 7.05 Å². The van der Waals surface area contributed by atoms with Gasteiger partial charge in [-0.05, 0) is 12.5 Å². The minimum atomic E-state index is 0. The quantitative estimate of drug-likeness (QED) is 0.358. The Kier molecular flexibility index (Phi) is 10.6. The Morgan fingerprint density at radius 2 is 2.00 bits per heavy atom. The average Bonchev–Trinajstić information content (AvgIpc) is 2.40. The highest BCUT2D eigenvalue weighted by molar-refractivity contribution is 14.0. The van der Waals surface area contributed by atoms with Crippen LogP contribution in [0.1, 0.15) is 12.5 Å². The van der Waals surface area contributed by atoms with Crippen molar-refractivity contribution >= 4 is 29.9 Å². The maximum absolute atomic E-state index is 5.29. The summed E-state index contributed by atoms with van der Waals surface area (Å²) in [5.41, 5.74) is 1.27. The number of nitrogens with zero attached hydrogens (tertiary/aromatic N) is 2. The average molecular weight is 377 g/mol. The maximum atomic E-state index is 5.29. The third-order valence-electron chi connectivity index (χ3n) is 2.57. The molecule has 0 aliphatic heterocycles. The highest BCUT2D eigenvalue weighted by Crippen LogP contribution is 2.02. The lowest BCUT2D eigenvalue weighted by atomic mass is 10.2. The predicted octanol–water partition coefficient (Wildman–Crippen LogP) is 2.35. The number of hydrogen-bond acceptors (Lipinski definition) is 2. The Labute approximate surface area is 133 Å². The molecule has 0 aromatic heterocycles. The molecule has 1 aromatic carbocycles. The second-order valence-electron chi connectivity index (χ2n) is 4.01. The van der Waals surface area contributed by atoms with Crippen LogP contribution in [0, 0.1) is 0 Å². The van der Waals surface area contributed by atoms with E-state index < -0.39 is 0 Å². The molecule has 0 radical (unpaired) electrons. The molecular weight excluding hydrogens is 353 g/mol. The summed E-state index contributed by atoms with van der Waals surface area (Å²) >= 11 is 0. The third-order valence-corrected chi connectivity index (χ3v) is 2.57. The number of ether oxygens (including phenoxy) is 1. The zero-order valence-electron chi connectivity index (χ0n) is 11.9. The summed E-state index contributed by atoms with van der Waals surface area (Å²) in [7, 11) is 3.83. The zero-order valence-corrected chi connectivity index (χ0v) is 14.3. The molecule has 0 heterocycles. The first-order valence-corrected chi connectivity index (χ1v) is 6.31. The first kappa shape index (κ1) is 18.2. The molecule has 1 N–H and O–H groups in total. The van der Waals surface area contributed by atoms with E-state index in [1.165, 1.54) is 5.56 Å². The van der Waals surface area contributed by atoms with E-state index in [4.69, 9.17) is 4.74 Å². The standard InChI is InChI=1S/C14H23N3O.HI/c1-4-18-11-10-16-14(15-2)17(3)12-13-8-6-5-7-9-13;/h5-9H,4,10-12H2,1-3H3,(H,15,16);1H. The van der Waals surface area contributed by atoms with Crippen LogP contribution in [0.4, 0.5) is 0 Å². The van der Waals surface area contributed by atoms with Crippen molar-refractivity contribution < 1.29 is 4.74 Å². The number of hydrogen-bond donors (Lipinski definition) is 1. The number of guanidine groups is 1. The Balaban J connectivity index is 0.00000324. The fourth-order valence-electron chi connectivity index (χ4n) is 1.70. The molecule has 0 saturated heterocycles. The normalized spacial score (nSPS) is 10.8. The molecule has 4 nitrogen and oxygen atoms in total. The molecule has 19 heavy (non-hydrogen) atoms. The summed E-state index contributed by atoms with van der Waals surface area (Å²) in [6.07, 6.45) is 0. The van der Waals surface area contributed by atoms with Gasteiger partial charge in [-0.25, -0.2) is 0 Å². The first-order valence-electron chi connectivity index (χ1n) is 6.31. The largest absolute Gasteiger partial charge is 0.380 e. The number of benzene rings is 1. The van der Waals surface area contributed by atoms with E-state index in [2.05, 4.69) is 39.5 Å². The number of rotatable bonds is 6. The molecule has 0 spiro atoms. The lowest BCUT2D eigenvalue weighted by Gasteiger charge is -2.22. The lowest BCUT2D eigenvalue weighted by molar-refractivity contribution is 0.152. The molecule has 1 rings (SSSR count). The molecule has 0 saturated carbocycles. The van der Waals surface area contributed by atoms with Crippen molar-refractivity contribution in [2.75, 3.05) is 33.9 Å². The van der Waals surface area contributed by atoms with Crippen LogP contribution >= 0.6 is 24.0 Å². The maximum Gasteiger partial charge on any atom is 0.193 e.